The van der Waals surface area contributed by atoms with Gasteiger partial charge in [0.2, 0.25) is 0 Å². The molecule has 26 heavy (non-hydrogen) atoms. The van der Waals surface area contributed by atoms with Gasteiger partial charge in [-0.05, 0) is 25.8 Å². The Labute approximate surface area is 154 Å². The number of carbonyl (C=O) groups is 1. The average Bonchev–Trinajstić information content (AvgIpc) is 2.95. The number of methoxy groups -OCH3 is 1. The van der Waals surface area contributed by atoms with Crippen LogP contribution in [0.25, 0.3) is 0 Å². The van der Waals surface area contributed by atoms with Crippen molar-refractivity contribution in [1.29, 1.82) is 0 Å². The molecule has 0 radical (unpaired) electrons. The SMILES string of the molecule is COc1ccccc1CNC(=O)c1cc(N2CCCCCC2)nc(C)n1. The number of aromatic nitrogens is 2. The van der Waals surface area contributed by atoms with Gasteiger partial charge in [0.15, 0.2) is 0 Å². The fraction of sp³-hybridized carbons (Fsp3) is 0.450. The molecule has 0 spiro atoms. The number of amides is 1. The molecule has 1 aliphatic rings. The summed E-state index contributed by atoms with van der Waals surface area (Å²) in [6, 6.07) is 9.46. The zero-order chi connectivity index (χ0) is 18.4. The quantitative estimate of drug-likeness (QED) is 0.894. The van der Waals surface area contributed by atoms with Crippen LogP contribution in [0.5, 0.6) is 5.75 Å². The van der Waals surface area contributed by atoms with Gasteiger partial charge in [0.25, 0.3) is 5.91 Å². The van der Waals surface area contributed by atoms with E-state index in [-0.39, 0.29) is 5.91 Å². The minimum absolute atomic E-state index is 0.197. The normalized spacial score (nSPS) is 14.6. The van der Waals surface area contributed by atoms with E-state index in [0.29, 0.717) is 18.1 Å². The molecule has 0 saturated carbocycles. The number of aryl methyl sites for hydroxylation is 1. The van der Waals surface area contributed by atoms with Gasteiger partial charge in [-0.25, -0.2) is 9.97 Å². The Morgan fingerprint density at radius 2 is 1.88 bits per heavy atom. The fourth-order valence-corrected chi connectivity index (χ4v) is 3.25. The van der Waals surface area contributed by atoms with Crippen molar-refractivity contribution in [3.8, 4) is 5.75 Å². The molecule has 1 fully saturated rings. The largest absolute Gasteiger partial charge is 0.496 e. The van der Waals surface area contributed by atoms with Crippen LogP contribution in [0.1, 0.15) is 47.6 Å². The maximum Gasteiger partial charge on any atom is 0.270 e. The van der Waals surface area contributed by atoms with Crippen LogP contribution in [0.3, 0.4) is 0 Å². The number of benzene rings is 1. The molecule has 138 valence electrons. The predicted molar refractivity (Wildman–Crippen MR) is 102 cm³/mol. The van der Waals surface area contributed by atoms with Gasteiger partial charge in [-0.15, -0.1) is 0 Å². The first kappa shape index (κ1) is 18.2. The molecule has 6 nitrogen and oxygen atoms in total. The molecule has 1 aliphatic heterocycles. The summed E-state index contributed by atoms with van der Waals surface area (Å²) < 4.78 is 5.33. The first-order valence-corrected chi connectivity index (χ1v) is 9.18. The van der Waals surface area contributed by atoms with Gasteiger partial charge in [-0.3, -0.25) is 4.79 Å². The second-order valence-electron chi connectivity index (χ2n) is 6.55. The number of anilines is 1. The van der Waals surface area contributed by atoms with Crippen LogP contribution in [0.4, 0.5) is 5.82 Å². The summed E-state index contributed by atoms with van der Waals surface area (Å²) in [6.07, 6.45) is 4.84. The van der Waals surface area contributed by atoms with Crippen molar-refractivity contribution >= 4 is 11.7 Å². The monoisotopic (exact) mass is 354 g/mol. The van der Waals surface area contributed by atoms with E-state index in [9.17, 15) is 4.79 Å². The lowest BCUT2D eigenvalue weighted by Crippen LogP contribution is -2.28. The van der Waals surface area contributed by atoms with Crippen LogP contribution >= 0.6 is 0 Å². The van der Waals surface area contributed by atoms with E-state index in [4.69, 9.17) is 4.74 Å². The summed E-state index contributed by atoms with van der Waals surface area (Å²) in [4.78, 5) is 23.7. The molecule has 0 unspecified atom stereocenters. The van der Waals surface area contributed by atoms with Gasteiger partial charge in [0.1, 0.15) is 23.1 Å². The van der Waals surface area contributed by atoms with E-state index in [0.717, 1.165) is 30.2 Å². The van der Waals surface area contributed by atoms with Crippen molar-refractivity contribution < 1.29 is 9.53 Å². The molecule has 1 N–H and O–H groups in total. The van der Waals surface area contributed by atoms with Crippen molar-refractivity contribution in [2.24, 2.45) is 0 Å². The molecule has 6 heteroatoms. The van der Waals surface area contributed by atoms with E-state index >= 15 is 0 Å². The number of hydrogen-bond donors (Lipinski definition) is 1. The summed E-state index contributed by atoms with van der Waals surface area (Å²) in [7, 11) is 1.63. The highest BCUT2D eigenvalue weighted by Crippen LogP contribution is 2.19. The molecule has 1 aromatic carbocycles. The molecule has 1 aromatic heterocycles. The summed E-state index contributed by atoms with van der Waals surface area (Å²) in [5.74, 6) is 2.03. The third-order valence-corrected chi connectivity index (χ3v) is 4.62. The van der Waals surface area contributed by atoms with Crippen molar-refractivity contribution in [3.63, 3.8) is 0 Å². The lowest BCUT2D eigenvalue weighted by molar-refractivity contribution is 0.0945. The molecule has 0 aliphatic carbocycles. The lowest BCUT2D eigenvalue weighted by atomic mass is 10.2. The van der Waals surface area contributed by atoms with Crippen LogP contribution in [0, 0.1) is 6.92 Å². The van der Waals surface area contributed by atoms with E-state index in [1.165, 1.54) is 25.7 Å². The number of nitrogens with one attached hydrogen (secondary N) is 1. The Balaban J connectivity index is 1.72. The number of carbonyl (C=O) groups excluding carboxylic acids is 1. The maximum absolute atomic E-state index is 12.6. The van der Waals surface area contributed by atoms with Gasteiger partial charge in [-0.2, -0.15) is 0 Å². The molecule has 2 heterocycles. The Morgan fingerprint density at radius 1 is 1.15 bits per heavy atom. The van der Waals surface area contributed by atoms with Crippen LogP contribution in [0.15, 0.2) is 30.3 Å². The number of ether oxygens (including phenoxy) is 1. The topological polar surface area (TPSA) is 67.3 Å². The smallest absolute Gasteiger partial charge is 0.270 e. The van der Waals surface area contributed by atoms with E-state index in [1.54, 1.807) is 13.2 Å². The number of para-hydroxylation sites is 1. The standard InChI is InChI=1S/C20H26N4O2/c1-15-22-17(13-19(23-15)24-11-7-3-4-8-12-24)20(25)21-14-16-9-5-6-10-18(16)26-2/h5-6,9-10,13H,3-4,7-8,11-12,14H2,1-2H3,(H,21,25). The van der Waals surface area contributed by atoms with Crippen molar-refractivity contribution in [2.45, 2.75) is 39.2 Å². The lowest BCUT2D eigenvalue weighted by Gasteiger charge is -2.22. The molecule has 1 amide bonds. The van der Waals surface area contributed by atoms with Gasteiger partial charge < -0.3 is 15.0 Å². The van der Waals surface area contributed by atoms with Crippen LogP contribution in [-0.2, 0) is 6.54 Å². The maximum atomic E-state index is 12.6. The zero-order valence-electron chi connectivity index (χ0n) is 15.5. The van der Waals surface area contributed by atoms with Gasteiger partial charge >= 0.3 is 0 Å². The van der Waals surface area contributed by atoms with Crippen LogP contribution < -0.4 is 15.0 Å². The molecular formula is C20H26N4O2. The molecule has 2 aromatic rings. The first-order chi connectivity index (χ1) is 12.7. The summed E-state index contributed by atoms with van der Waals surface area (Å²) >= 11 is 0. The van der Waals surface area contributed by atoms with Crippen LogP contribution in [0.2, 0.25) is 0 Å². The predicted octanol–water partition coefficient (Wildman–Crippen LogP) is 3.10. The summed E-state index contributed by atoms with van der Waals surface area (Å²) in [6.45, 7) is 4.20. The number of nitrogens with zero attached hydrogens (tertiary/aromatic N) is 3. The molecular weight excluding hydrogens is 328 g/mol. The van der Waals surface area contributed by atoms with E-state index < -0.39 is 0 Å². The Hall–Kier alpha value is -2.63. The Bertz CT molecular complexity index is 755. The van der Waals surface area contributed by atoms with Gasteiger partial charge in [-0.1, -0.05) is 31.0 Å². The Morgan fingerprint density at radius 3 is 2.62 bits per heavy atom. The molecule has 1 saturated heterocycles. The van der Waals surface area contributed by atoms with Gasteiger partial charge in [0.05, 0.1) is 7.11 Å². The third kappa shape index (κ3) is 4.50. The second-order valence-corrected chi connectivity index (χ2v) is 6.55. The number of rotatable bonds is 5. The molecule has 0 bridgehead atoms. The number of hydrogen-bond acceptors (Lipinski definition) is 5. The Kier molecular flexibility index (Phi) is 6.04. The highest BCUT2D eigenvalue weighted by atomic mass is 16.5. The summed E-state index contributed by atoms with van der Waals surface area (Å²) in [5.41, 5.74) is 1.34. The minimum atomic E-state index is -0.197. The zero-order valence-corrected chi connectivity index (χ0v) is 15.5. The summed E-state index contributed by atoms with van der Waals surface area (Å²) in [5, 5.41) is 2.93. The second kappa shape index (κ2) is 8.65. The van der Waals surface area contributed by atoms with E-state index in [2.05, 4.69) is 20.2 Å². The highest BCUT2D eigenvalue weighted by Gasteiger charge is 2.16. The van der Waals surface area contributed by atoms with Crippen LogP contribution in [-0.4, -0.2) is 36.1 Å². The fourth-order valence-electron chi connectivity index (χ4n) is 3.25. The van der Waals surface area contributed by atoms with Gasteiger partial charge in [0, 0.05) is 31.3 Å². The molecule has 3 rings (SSSR count). The first-order valence-electron chi connectivity index (χ1n) is 9.18. The van der Waals surface area contributed by atoms with Crippen molar-refractivity contribution in [2.75, 3.05) is 25.1 Å². The average molecular weight is 354 g/mol. The highest BCUT2D eigenvalue weighted by molar-refractivity contribution is 5.93. The third-order valence-electron chi connectivity index (χ3n) is 4.62. The van der Waals surface area contributed by atoms with Crippen molar-refractivity contribution in [1.82, 2.24) is 15.3 Å². The van der Waals surface area contributed by atoms with E-state index in [1.807, 2.05) is 31.2 Å². The molecule has 0 atom stereocenters. The minimum Gasteiger partial charge on any atom is -0.496 e. The van der Waals surface area contributed by atoms with Crippen molar-refractivity contribution in [3.05, 3.63) is 47.4 Å².